The van der Waals surface area contributed by atoms with Crippen LogP contribution in [0.3, 0.4) is 0 Å². The van der Waals surface area contributed by atoms with Crippen molar-refractivity contribution in [3.63, 3.8) is 0 Å². The number of nitrogens with zero attached hydrogens (tertiary/aromatic N) is 1. The molecule has 0 spiro atoms. The van der Waals surface area contributed by atoms with Crippen LogP contribution in [0.1, 0.15) is 12.8 Å². The van der Waals surface area contributed by atoms with Crippen molar-refractivity contribution in [3.05, 3.63) is 0 Å². The topological polar surface area (TPSA) is 24.5 Å². The van der Waals surface area contributed by atoms with Crippen LogP contribution in [0, 0.1) is 5.92 Å². The first-order valence-electron chi connectivity index (χ1n) is 5.11. The van der Waals surface area contributed by atoms with Gasteiger partial charge in [-0.2, -0.15) is 0 Å². The Kier molecular flexibility index (Phi) is 4.70. The molecule has 1 rings (SSSR count). The van der Waals surface area contributed by atoms with E-state index in [0.29, 0.717) is 6.04 Å². The summed E-state index contributed by atoms with van der Waals surface area (Å²) in [6.07, 6.45) is 2.84. The first-order chi connectivity index (χ1) is 6.27. The second kappa shape index (κ2) is 5.58. The fraction of sp³-hybridized carbons (Fsp3) is 1.00. The number of hydrogen-bond acceptors (Lipinski definition) is 3. The third kappa shape index (κ3) is 4.07. The number of nitrogens with one attached hydrogen (secondary N) is 1. The largest absolute Gasteiger partial charge is 0.383 e. The van der Waals surface area contributed by atoms with Crippen LogP contribution in [0.25, 0.3) is 0 Å². The van der Waals surface area contributed by atoms with E-state index in [2.05, 4.69) is 17.3 Å². The summed E-state index contributed by atoms with van der Waals surface area (Å²) in [5, 5.41) is 3.21. The summed E-state index contributed by atoms with van der Waals surface area (Å²) in [5.74, 6) is 0.959. The lowest BCUT2D eigenvalue weighted by molar-refractivity contribution is 0.104. The number of rotatable bonds is 7. The quantitative estimate of drug-likeness (QED) is 0.629. The summed E-state index contributed by atoms with van der Waals surface area (Å²) >= 11 is 0. The van der Waals surface area contributed by atoms with Crippen molar-refractivity contribution in [2.24, 2.45) is 5.92 Å². The van der Waals surface area contributed by atoms with Crippen molar-refractivity contribution in [2.75, 3.05) is 40.9 Å². The van der Waals surface area contributed by atoms with Crippen molar-refractivity contribution in [3.8, 4) is 0 Å². The molecular formula is C10H22N2O. The van der Waals surface area contributed by atoms with E-state index in [1.807, 2.05) is 7.05 Å². The van der Waals surface area contributed by atoms with E-state index >= 15 is 0 Å². The van der Waals surface area contributed by atoms with Gasteiger partial charge >= 0.3 is 0 Å². The van der Waals surface area contributed by atoms with Crippen molar-refractivity contribution in [2.45, 2.75) is 18.9 Å². The zero-order chi connectivity index (χ0) is 9.68. The van der Waals surface area contributed by atoms with E-state index in [-0.39, 0.29) is 0 Å². The maximum Gasteiger partial charge on any atom is 0.0630 e. The molecule has 1 saturated carbocycles. The van der Waals surface area contributed by atoms with Crippen molar-refractivity contribution in [1.29, 1.82) is 0 Å². The van der Waals surface area contributed by atoms with Crippen molar-refractivity contribution >= 4 is 0 Å². The summed E-state index contributed by atoms with van der Waals surface area (Å²) in [7, 11) is 5.96. The van der Waals surface area contributed by atoms with Gasteiger partial charge in [0.05, 0.1) is 6.61 Å². The molecule has 1 aliphatic carbocycles. The highest BCUT2D eigenvalue weighted by molar-refractivity contribution is 4.80. The minimum absolute atomic E-state index is 0.524. The van der Waals surface area contributed by atoms with Gasteiger partial charge in [0.15, 0.2) is 0 Å². The van der Waals surface area contributed by atoms with Gasteiger partial charge in [-0.3, -0.25) is 4.90 Å². The van der Waals surface area contributed by atoms with Crippen LogP contribution in [0.15, 0.2) is 0 Å². The molecule has 0 aromatic rings. The fourth-order valence-electron chi connectivity index (χ4n) is 1.63. The second-order valence-corrected chi connectivity index (χ2v) is 4.05. The van der Waals surface area contributed by atoms with Crippen LogP contribution in [0.4, 0.5) is 0 Å². The minimum Gasteiger partial charge on any atom is -0.383 e. The lowest BCUT2D eigenvalue weighted by Crippen LogP contribution is -2.43. The predicted octanol–water partition coefficient (Wildman–Crippen LogP) is 0.563. The SMILES string of the molecule is CNCC(COC)N(C)CC1CC1. The first kappa shape index (κ1) is 11.0. The summed E-state index contributed by atoms with van der Waals surface area (Å²) in [6, 6.07) is 0.524. The molecule has 1 aliphatic rings. The van der Waals surface area contributed by atoms with E-state index < -0.39 is 0 Å². The Morgan fingerprint density at radius 3 is 2.69 bits per heavy atom. The maximum atomic E-state index is 5.20. The molecule has 0 aliphatic heterocycles. The zero-order valence-electron chi connectivity index (χ0n) is 9.05. The van der Waals surface area contributed by atoms with Gasteiger partial charge in [-0.1, -0.05) is 0 Å². The third-order valence-corrected chi connectivity index (χ3v) is 2.67. The number of likely N-dealkylation sites (N-methyl/N-ethyl adjacent to an activating group) is 2. The Labute approximate surface area is 81.4 Å². The molecule has 3 nitrogen and oxygen atoms in total. The van der Waals surface area contributed by atoms with Crippen LogP contribution in [-0.2, 0) is 4.74 Å². The van der Waals surface area contributed by atoms with Crippen LogP contribution in [-0.4, -0.2) is 51.8 Å². The standard InChI is InChI=1S/C10H22N2O/c1-11-6-10(8-13-3)12(2)7-9-4-5-9/h9-11H,4-8H2,1-3H3. The molecule has 0 aromatic carbocycles. The van der Waals surface area contributed by atoms with Crippen LogP contribution >= 0.6 is 0 Å². The molecule has 0 radical (unpaired) electrons. The monoisotopic (exact) mass is 186 g/mol. The van der Waals surface area contributed by atoms with Gasteiger partial charge in [-0.25, -0.2) is 0 Å². The average Bonchev–Trinajstić information content (AvgIpc) is 2.88. The van der Waals surface area contributed by atoms with Gasteiger partial charge < -0.3 is 10.1 Å². The first-order valence-corrected chi connectivity index (χ1v) is 5.11. The van der Waals surface area contributed by atoms with Gasteiger partial charge in [0.25, 0.3) is 0 Å². The Morgan fingerprint density at radius 2 is 2.23 bits per heavy atom. The third-order valence-electron chi connectivity index (χ3n) is 2.67. The van der Waals surface area contributed by atoms with Crippen molar-refractivity contribution < 1.29 is 4.74 Å². The maximum absolute atomic E-state index is 5.20. The highest BCUT2D eigenvalue weighted by atomic mass is 16.5. The Balaban J connectivity index is 2.22. The molecular weight excluding hydrogens is 164 g/mol. The molecule has 13 heavy (non-hydrogen) atoms. The van der Waals surface area contributed by atoms with Crippen LogP contribution < -0.4 is 5.32 Å². The molecule has 0 amide bonds. The Bertz CT molecular complexity index is 131. The summed E-state index contributed by atoms with van der Waals surface area (Å²) < 4.78 is 5.20. The fourth-order valence-corrected chi connectivity index (χ4v) is 1.63. The normalized spacial score (nSPS) is 19.4. The average molecular weight is 186 g/mol. The minimum atomic E-state index is 0.524. The van der Waals surface area contributed by atoms with E-state index in [9.17, 15) is 0 Å². The molecule has 0 heterocycles. The van der Waals surface area contributed by atoms with Gasteiger partial charge in [-0.15, -0.1) is 0 Å². The van der Waals surface area contributed by atoms with Gasteiger partial charge in [0.2, 0.25) is 0 Å². The number of hydrogen-bond donors (Lipinski definition) is 1. The van der Waals surface area contributed by atoms with E-state index in [1.165, 1.54) is 19.4 Å². The molecule has 1 atom stereocenters. The summed E-state index contributed by atoms with van der Waals surface area (Å²) in [5.41, 5.74) is 0. The highest BCUT2D eigenvalue weighted by Gasteiger charge is 2.25. The number of methoxy groups -OCH3 is 1. The van der Waals surface area contributed by atoms with Gasteiger partial charge in [0.1, 0.15) is 0 Å². The zero-order valence-corrected chi connectivity index (χ0v) is 9.05. The van der Waals surface area contributed by atoms with Crippen molar-refractivity contribution in [1.82, 2.24) is 10.2 Å². The second-order valence-electron chi connectivity index (χ2n) is 4.05. The molecule has 3 heteroatoms. The molecule has 78 valence electrons. The lowest BCUT2D eigenvalue weighted by Gasteiger charge is -2.27. The highest BCUT2D eigenvalue weighted by Crippen LogP contribution is 2.29. The number of ether oxygens (including phenoxy) is 1. The van der Waals surface area contributed by atoms with E-state index in [0.717, 1.165) is 19.1 Å². The Morgan fingerprint density at radius 1 is 1.54 bits per heavy atom. The predicted molar refractivity (Wildman–Crippen MR) is 54.9 cm³/mol. The molecule has 0 aromatic heterocycles. The van der Waals surface area contributed by atoms with Gasteiger partial charge in [-0.05, 0) is 32.9 Å². The summed E-state index contributed by atoms with van der Waals surface area (Å²) in [4.78, 5) is 2.41. The molecule has 1 N–H and O–H groups in total. The summed E-state index contributed by atoms with van der Waals surface area (Å²) in [6.45, 7) is 3.07. The molecule has 0 bridgehead atoms. The molecule has 1 fully saturated rings. The molecule has 1 unspecified atom stereocenters. The Hall–Kier alpha value is -0.120. The van der Waals surface area contributed by atoms with E-state index in [1.54, 1.807) is 7.11 Å². The lowest BCUT2D eigenvalue weighted by atomic mass is 10.2. The van der Waals surface area contributed by atoms with Crippen LogP contribution in [0.2, 0.25) is 0 Å². The van der Waals surface area contributed by atoms with Crippen LogP contribution in [0.5, 0.6) is 0 Å². The molecule has 0 saturated heterocycles. The van der Waals surface area contributed by atoms with E-state index in [4.69, 9.17) is 4.74 Å². The van der Waals surface area contributed by atoms with Gasteiger partial charge in [0, 0.05) is 26.2 Å². The smallest absolute Gasteiger partial charge is 0.0630 e.